The molecule has 0 aliphatic heterocycles. The zero-order chi connectivity index (χ0) is 14.9. The van der Waals surface area contributed by atoms with Gasteiger partial charge in [0.1, 0.15) is 0 Å². The normalized spacial score (nSPS) is 12.2. The van der Waals surface area contributed by atoms with Crippen LogP contribution in [0, 0.1) is 13.8 Å². The predicted molar refractivity (Wildman–Crippen MR) is 86.0 cm³/mol. The van der Waals surface area contributed by atoms with Gasteiger partial charge in [-0.05, 0) is 39.0 Å². The van der Waals surface area contributed by atoms with E-state index >= 15 is 0 Å². The van der Waals surface area contributed by atoms with E-state index in [4.69, 9.17) is 5.73 Å². The summed E-state index contributed by atoms with van der Waals surface area (Å²) in [5.74, 6) is -0.173. The Balaban J connectivity index is 2.17. The SMILES string of the molecule is Cc1nc(C)c(C(C)NC(=O)c2ccc(Br)cc2N)s1. The van der Waals surface area contributed by atoms with Crippen LogP contribution in [0.25, 0.3) is 0 Å². The van der Waals surface area contributed by atoms with Crippen LogP contribution in [0.4, 0.5) is 5.69 Å². The summed E-state index contributed by atoms with van der Waals surface area (Å²) < 4.78 is 0.855. The first-order chi connectivity index (χ1) is 9.38. The molecule has 1 amide bonds. The van der Waals surface area contributed by atoms with Gasteiger partial charge in [-0.15, -0.1) is 11.3 Å². The van der Waals surface area contributed by atoms with Crippen LogP contribution in [0.5, 0.6) is 0 Å². The molecule has 3 N–H and O–H groups in total. The van der Waals surface area contributed by atoms with Crippen molar-refractivity contribution in [2.45, 2.75) is 26.8 Å². The number of thiazole rings is 1. The van der Waals surface area contributed by atoms with Gasteiger partial charge < -0.3 is 11.1 Å². The Kier molecular flexibility index (Phi) is 4.45. The van der Waals surface area contributed by atoms with Gasteiger partial charge in [-0.3, -0.25) is 4.79 Å². The molecular weight excluding hydrogens is 338 g/mol. The minimum absolute atomic E-state index is 0.0863. The molecular formula is C14H16BrN3OS. The van der Waals surface area contributed by atoms with Crippen LogP contribution >= 0.6 is 27.3 Å². The fraction of sp³-hybridized carbons (Fsp3) is 0.286. The van der Waals surface area contributed by atoms with E-state index in [9.17, 15) is 4.79 Å². The summed E-state index contributed by atoms with van der Waals surface area (Å²) in [6, 6.07) is 5.16. The fourth-order valence-corrected chi connectivity index (χ4v) is 3.34. The average Bonchev–Trinajstić information content (AvgIpc) is 2.68. The summed E-state index contributed by atoms with van der Waals surface area (Å²) in [6.45, 7) is 5.87. The minimum atomic E-state index is -0.173. The quantitative estimate of drug-likeness (QED) is 0.828. The molecule has 6 heteroatoms. The van der Waals surface area contributed by atoms with Crippen LogP contribution in [0.1, 0.15) is 38.9 Å². The van der Waals surface area contributed by atoms with Gasteiger partial charge in [0, 0.05) is 15.0 Å². The third-order valence-corrected chi connectivity index (χ3v) is 4.69. The van der Waals surface area contributed by atoms with Crippen molar-refractivity contribution in [2.24, 2.45) is 0 Å². The Labute approximate surface area is 130 Å². The molecule has 4 nitrogen and oxygen atoms in total. The molecule has 2 rings (SSSR count). The first-order valence-electron chi connectivity index (χ1n) is 6.18. The number of anilines is 1. The molecule has 0 saturated heterocycles. The second-order valence-electron chi connectivity index (χ2n) is 4.61. The summed E-state index contributed by atoms with van der Waals surface area (Å²) in [6.07, 6.45) is 0. The third kappa shape index (κ3) is 3.19. The highest BCUT2D eigenvalue weighted by atomic mass is 79.9. The van der Waals surface area contributed by atoms with Gasteiger partial charge >= 0.3 is 0 Å². The van der Waals surface area contributed by atoms with Crippen molar-refractivity contribution in [3.63, 3.8) is 0 Å². The van der Waals surface area contributed by atoms with Gasteiger partial charge in [-0.2, -0.15) is 0 Å². The van der Waals surface area contributed by atoms with Crippen LogP contribution < -0.4 is 11.1 Å². The maximum Gasteiger partial charge on any atom is 0.253 e. The molecule has 0 saturated carbocycles. The van der Waals surface area contributed by atoms with E-state index in [1.807, 2.05) is 20.8 Å². The lowest BCUT2D eigenvalue weighted by atomic mass is 10.1. The third-order valence-electron chi connectivity index (χ3n) is 2.94. The van der Waals surface area contributed by atoms with Crippen molar-refractivity contribution >= 4 is 38.9 Å². The number of nitrogens with one attached hydrogen (secondary N) is 1. The number of halogens is 1. The van der Waals surface area contributed by atoms with Gasteiger partial charge in [0.2, 0.25) is 0 Å². The number of hydrogen-bond donors (Lipinski definition) is 2. The molecule has 2 aromatic rings. The van der Waals surface area contributed by atoms with E-state index in [0.29, 0.717) is 11.3 Å². The number of nitrogens with zero attached hydrogens (tertiary/aromatic N) is 1. The molecule has 1 aromatic heterocycles. The largest absolute Gasteiger partial charge is 0.398 e. The van der Waals surface area contributed by atoms with Crippen LogP contribution in [-0.4, -0.2) is 10.9 Å². The molecule has 0 aliphatic carbocycles. The highest BCUT2D eigenvalue weighted by molar-refractivity contribution is 9.10. The van der Waals surface area contributed by atoms with E-state index in [0.717, 1.165) is 20.1 Å². The number of rotatable bonds is 3. The molecule has 0 radical (unpaired) electrons. The topological polar surface area (TPSA) is 68.0 Å². The molecule has 20 heavy (non-hydrogen) atoms. The van der Waals surface area contributed by atoms with E-state index in [2.05, 4.69) is 26.2 Å². The first-order valence-corrected chi connectivity index (χ1v) is 7.79. The number of nitrogens with two attached hydrogens (primary N) is 1. The van der Waals surface area contributed by atoms with Gasteiger partial charge in [-0.25, -0.2) is 4.98 Å². The Morgan fingerprint density at radius 2 is 2.15 bits per heavy atom. The lowest BCUT2D eigenvalue weighted by molar-refractivity contribution is 0.0941. The highest BCUT2D eigenvalue weighted by Gasteiger charge is 2.17. The maximum absolute atomic E-state index is 12.3. The predicted octanol–water partition coefficient (Wildman–Crippen LogP) is 3.60. The molecule has 0 fully saturated rings. The van der Waals surface area contributed by atoms with Crippen LogP contribution in [0.15, 0.2) is 22.7 Å². The number of nitrogen functional groups attached to an aromatic ring is 1. The van der Waals surface area contributed by atoms with Crippen LogP contribution in [-0.2, 0) is 0 Å². The van der Waals surface area contributed by atoms with Crippen molar-refractivity contribution < 1.29 is 4.79 Å². The van der Waals surface area contributed by atoms with E-state index < -0.39 is 0 Å². The van der Waals surface area contributed by atoms with E-state index in [1.54, 1.807) is 29.5 Å². The number of amides is 1. The van der Waals surface area contributed by atoms with Gasteiger partial charge in [-0.1, -0.05) is 15.9 Å². The number of carbonyl (C=O) groups excluding carboxylic acids is 1. The summed E-state index contributed by atoms with van der Waals surface area (Å²) in [5.41, 5.74) is 7.78. The summed E-state index contributed by atoms with van der Waals surface area (Å²) in [5, 5.41) is 3.96. The lowest BCUT2D eigenvalue weighted by Gasteiger charge is -2.14. The van der Waals surface area contributed by atoms with Crippen LogP contribution in [0.2, 0.25) is 0 Å². The Morgan fingerprint density at radius 3 is 2.70 bits per heavy atom. The molecule has 106 valence electrons. The number of hydrogen-bond acceptors (Lipinski definition) is 4. The summed E-state index contributed by atoms with van der Waals surface area (Å²) >= 11 is 4.93. The second kappa shape index (κ2) is 5.93. The molecule has 1 atom stereocenters. The van der Waals surface area contributed by atoms with Gasteiger partial charge in [0.05, 0.1) is 22.3 Å². The zero-order valence-corrected chi connectivity index (χ0v) is 13.9. The number of benzene rings is 1. The minimum Gasteiger partial charge on any atom is -0.398 e. The zero-order valence-electron chi connectivity index (χ0n) is 11.5. The number of aryl methyl sites for hydroxylation is 2. The lowest BCUT2D eigenvalue weighted by Crippen LogP contribution is -2.27. The van der Waals surface area contributed by atoms with Crippen LogP contribution in [0.3, 0.4) is 0 Å². The Bertz CT molecular complexity index is 654. The highest BCUT2D eigenvalue weighted by Crippen LogP contribution is 2.25. The number of carbonyl (C=O) groups is 1. The standard InChI is InChI=1S/C14H16BrN3OS/c1-7-13(20-9(3)17-7)8(2)18-14(19)11-5-4-10(15)6-12(11)16/h4-6,8H,16H2,1-3H3,(H,18,19). The molecule has 1 unspecified atom stereocenters. The maximum atomic E-state index is 12.3. The molecule has 1 aromatic carbocycles. The van der Waals surface area contributed by atoms with Crippen molar-refractivity contribution in [1.29, 1.82) is 0 Å². The van der Waals surface area contributed by atoms with Gasteiger partial charge in [0.15, 0.2) is 0 Å². The molecule has 1 heterocycles. The molecule has 0 bridgehead atoms. The smallest absolute Gasteiger partial charge is 0.253 e. The van der Waals surface area contributed by atoms with E-state index in [-0.39, 0.29) is 11.9 Å². The Morgan fingerprint density at radius 1 is 1.45 bits per heavy atom. The second-order valence-corrected chi connectivity index (χ2v) is 6.76. The molecule has 0 aliphatic rings. The first kappa shape index (κ1) is 15.0. The Hall–Kier alpha value is -1.40. The monoisotopic (exact) mass is 353 g/mol. The van der Waals surface area contributed by atoms with E-state index in [1.165, 1.54) is 0 Å². The van der Waals surface area contributed by atoms with Crippen molar-refractivity contribution in [2.75, 3.05) is 5.73 Å². The average molecular weight is 354 g/mol. The van der Waals surface area contributed by atoms with Crippen molar-refractivity contribution in [3.05, 3.63) is 43.8 Å². The fourth-order valence-electron chi connectivity index (χ4n) is 2.03. The molecule has 0 spiro atoms. The summed E-state index contributed by atoms with van der Waals surface area (Å²) in [7, 11) is 0. The van der Waals surface area contributed by atoms with Crippen molar-refractivity contribution in [1.82, 2.24) is 10.3 Å². The summed E-state index contributed by atoms with van der Waals surface area (Å²) in [4.78, 5) is 17.7. The number of aromatic nitrogens is 1. The van der Waals surface area contributed by atoms with Gasteiger partial charge in [0.25, 0.3) is 5.91 Å². The van der Waals surface area contributed by atoms with Crippen molar-refractivity contribution in [3.8, 4) is 0 Å².